The topological polar surface area (TPSA) is 45.7 Å². The van der Waals surface area contributed by atoms with Gasteiger partial charge in [0.1, 0.15) is 5.75 Å². The van der Waals surface area contributed by atoms with E-state index in [-0.39, 0.29) is 17.1 Å². The molecule has 0 atom stereocenters. The summed E-state index contributed by atoms with van der Waals surface area (Å²) in [6.45, 7) is -0.0402. The van der Waals surface area contributed by atoms with Gasteiger partial charge in [0.05, 0.1) is 32.7 Å². The largest absolute Gasteiger partial charge is 0.454 e. The van der Waals surface area contributed by atoms with Crippen molar-refractivity contribution in [1.82, 2.24) is 4.72 Å². The average Bonchev–Trinajstić information content (AvgIpc) is 2.74. The molecule has 0 aromatic heterocycles. The fourth-order valence-electron chi connectivity index (χ4n) is 2.85. The lowest BCUT2D eigenvalue weighted by atomic mass is 10.1. The maximum absolute atomic E-state index is 13.1. The van der Waals surface area contributed by atoms with E-state index in [2.05, 4.69) is 15.0 Å². The molecule has 1 aliphatic rings. The van der Waals surface area contributed by atoms with Gasteiger partial charge in [-0.1, -0.05) is 53.5 Å². The highest BCUT2D eigenvalue weighted by molar-refractivity contribution is 7.98. The van der Waals surface area contributed by atoms with E-state index in [1.807, 2.05) is 18.2 Å². The quantitative estimate of drug-likeness (QED) is 0.380. The highest BCUT2D eigenvalue weighted by atomic mass is 35.5. The lowest BCUT2D eigenvalue weighted by molar-refractivity contribution is -0.137. The molecule has 160 valence electrons. The van der Waals surface area contributed by atoms with Crippen molar-refractivity contribution in [1.29, 1.82) is 0 Å². The number of fused-ring (bicyclic) bond motifs is 1. The number of nitrogens with zero attached hydrogens (tertiary/aromatic N) is 1. The van der Waals surface area contributed by atoms with Crippen molar-refractivity contribution < 1.29 is 17.9 Å². The molecule has 3 aromatic carbocycles. The molecule has 4 nitrogen and oxygen atoms in total. The van der Waals surface area contributed by atoms with Gasteiger partial charge in [-0.3, -0.25) is 4.72 Å². The Morgan fingerprint density at radius 3 is 2.45 bits per heavy atom. The molecule has 2 N–H and O–H groups in total. The molecule has 3 aromatic rings. The number of guanidine groups is 1. The first-order chi connectivity index (χ1) is 14.8. The molecule has 1 aliphatic heterocycles. The smallest absolute Gasteiger partial charge is 0.417 e. The molecule has 10 heteroatoms. The van der Waals surface area contributed by atoms with Gasteiger partial charge in [0.25, 0.3) is 0 Å². The van der Waals surface area contributed by atoms with Gasteiger partial charge in [-0.25, -0.2) is 4.99 Å². The van der Waals surface area contributed by atoms with E-state index in [9.17, 15) is 13.2 Å². The highest BCUT2D eigenvalue weighted by Crippen LogP contribution is 2.40. The van der Waals surface area contributed by atoms with Crippen LogP contribution in [0.25, 0.3) is 0 Å². The molecule has 0 aliphatic carbocycles. The van der Waals surface area contributed by atoms with E-state index in [0.717, 1.165) is 11.0 Å². The number of rotatable bonds is 4. The Labute approximate surface area is 190 Å². The molecular weight excluding hydrogens is 470 g/mol. The minimum absolute atomic E-state index is 0.0402. The molecule has 1 heterocycles. The average molecular weight is 484 g/mol. The lowest BCUT2D eigenvalue weighted by Gasteiger charge is -2.23. The number of nitrogens with one attached hydrogen (secondary N) is 2. The number of hydrogen-bond donors (Lipinski definition) is 2. The number of benzene rings is 3. The summed E-state index contributed by atoms with van der Waals surface area (Å²) < 4.78 is 48.2. The third-order valence-corrected chi connectivity index (χ3v) is 5.95. The first kappa shape index (κ1) is 21.7. The van der Waals surface area contributed by atoms with Crippen LogP contribution in [0.4, 0.5) is 18.9 Å². The first-order valence-electron chi connectivity index (χ1n) is 8.97. The summed E-state index contributed by atoms with van der Waals surface area (Å²) in [5, 5.41) is 3.24. The second-order valence-electron chi connectivity index (χ2n) is 6.43. The van der Waals surface area contributed by atoms with Crippen LogP contribution in [0.3, 0.4) is 0 Å². The van der Waals surface area contributed by atoms with Crippen LogP contribution < -0.4 is 14.8 Å². The molecule has 0 unspecified atom stereocenters. The molecule has 0 saturated carbocycles. The molecule has 4 rings (SSSR count). The summed E-state index contributed by atoms with van der Waals surface area (Å²) in [4.78, 5) is 5.20. The Kier molecular flexibility index (Phi) is 6.22. The second-order valence-corrected chi connectivity index (χ2v) is 8.07. The highest BCUT2D eigenvalue weighted by Gasteiger charge is 2.33. The SMILES string of the molecule is FC(F)(F)c1cccc(CN=C2NSc3cccc(Oc4ccccc4Cl)c3N2)c1Cl. The Morgan fingerprint density at radius 2 is 1.68 bits per heavy atom. The minimum atomic E-state index is -4.53. The Bertz CT molecular complexity index is 1150. The number of alkyl halides is 3. The zero-order chi connectivity index (χ0) is 22.0. The van der Waals surface area contributed by atoms with Gasteiger partial charge in [-0.15, -0.1) is 0 Å². The number of ether oxygens (including phenoxy) is 1. The molecule has 0 radical (unpaired) electrons. The van der Waals surface area contributed by atoms with Gasteiger partial charge in [-0.05, 0) is 47.8 Å². The van der Waals surface area contributed by atoms with Gasteiger partial charge < -0.3 is 10.1 Å². The van der Waals surface area contributed by atoms with Crippen LogP contribution in [0.5, 0.6) is 11.5 Å². The van der Waals surface area contributed by atoms with Crippen molar-refractivity contribution in [3.05, 3.63) is 81.8 Å². The second kappa shape index (κ2) is 8.90. The van der Waals surface area contributed by atoms with Crippen molar-refractivity contribution in [2.75, 3.05) is 5.32 Å². The van der Waals surface area contributed by atoms with Crippen LogP contribution in [-0.2, 0) is 12.7 Å². The minimum Gasteiger partial charge on any atom is -0.454 e. The van der Waals surface area contributed by atoms with Crippen molar-refractivity contribution >= 4 is 46.8 Å². The fourth-order valence-corrected chi connectivity index (χ4v) is 4.04. The summed E-state index contributed by atoms with van der Waals surface area (Å²) in [5.74, 6) is 1.39. The van der Waals surface area contributed by atoms with Crippen LogP contribution in [0.15, 0.2) is 70.6 Å². The predicted octanol–water partition coefficient (Wildman–Crippen LogP) is 7.38. The summed E-state index contributed by atoms with van der Waals surface area (Å²) in [7, 11) is 0. The third kappa shape index (κ3) is 4.87. The molecule has 0 saturated heterocycles. The normalized spacial score (nSPS) is 14.5. The van der Waals surface area contributed by atoms with Gasteiger partial charge in [0.15, 0.2) is 5.75 Å². The van der Waals surface area contributed by atoms with Crippen molar-refractivity contribution in [3.63, 3.8) is 0 Å². The molecule has 31 heavy (non-hydrogen) atoms. The van der Waals surface area contributed by atoms with E-state index in [4.69, 9.17) is 27.9 Å². The van der Waals surface area contributed by atoms with Crippen LogP contribution in [0, 0.1) is 0 Å². The maximum Gasteiger partial charge on any atom is 0.417 e. The van der Waals surface area contributed by atoms with Gasteiger partial charge in [-0.2, -0.15) is 13.2 Å². The summed E-state index contributed by atoms with van der Waals surface area (Å²) in [6, 6.07) is 16.4. The monoisotopic (exact) mass is 483 g/mol. The van der Waals surface area contributed by atoms with E-state index < -0.39 is 11.7 Å². The Balaban J connectivity index is 1.57. The third-order valence-electron chi connectivity index (χ3n) is 4.34. The summed E-state index contributed by atoms with van der Waals surface area (Å²) >= 11 is 13.4. The molecule has 0 bridgehead atoms. The first-order valence-corrected chi connectivity index (χ1v) is 10.5. The Hall–Kier alpha value is -2.55. The van der Waals surface area contributed by atoms with Crippen molar-refractivity contribution in [2.45, 2.75) is 17.6 Å². The standard InChI is InChI=1S/C21H14Cl2F3N3OS/c22-14-7-1-2-8-15(14)30-16-9-4-10-17-19(16)28-20(29-31-17)27-11-12-5-3-6-13(18(12)23)21(24,25)26/h1-10H,11H2,(H2,27,28,29). The molecule has 0 amide bonds. The van der Waals surface area contributed by atoms with Crippen LogP contribution in [0.2, 0.25) is 10.0 Å². The zero-order valence-corrected chi connectivity index (χ0v) is 18.0. The Morgan fingerprint density at radius 1 is 0.935 bits per heavy atom. The van der Waals surface area contributed by atoms with Crippen LogP contribution in [0.1, 0.15) is 11.1 Å². The summed E-state index contributed by atoms with van der Waals surface area (Å²) in [5.41, 5.74) is 0.0515. The number of para-hydroxylation sites is 2. The number of hydrogen-bond acceptors (Lipinski definition) is 3. The summed E-state index contributed by atoms with van der Waals surface area (Å²) in [6.07, 6.45) is -4.53. The van der Waals surface area contributed by atoms with Crippen LogP contribution in [-0.4, -0.2) is 5.96 Å². The van der Waals surface area contributed by atoms with Crippen molar-refractivity contribution in [3.8, 4) is 11.5 Å². The van der Waals surface area contributed by atoms with Gasteiger partial charge >= 0.3 is 6.18 Å². The van der Waals surface area contributed by atoms with E-state index in [1.54, 1.807) is 24.3 Å². The molecule has 0 fully saturated rings. The van der Waals surface area contributed by atoms with E-state index in [0.29, 0.717) is 28.2 Å². The molecular formula is C21H14Cl2F3N3OS. The van der Waals surface area contributed by atoms with Crippen LogP contribution >= 0.6 is 35.1 Å². The van der Waals surface area contributed by atoms with Gasteiger partial charge in [0, 0.05) is 0 Å². The number of anilines is 1. The number of halogens is 5. The molecule has 0 spiro atoms. The van der Waals surface area contributed by atoms with E-state index in [1.165, 1.54) is 24.1 Å². The lowest BCUT2D eigenvalue weighted by Crippen LogP contribution is -2.29. The zero-order valence-electron chi connectivity index (χ0n) is 15.6. The fraction of sp³-hybridized carbons (Fsp3) is 0.0952. The maximum atomic E-state index is 13.1. The number of aliphatic imine (C=N–C) groups is 1. The van der Waals surface area contributed by atoms with Crippen molar-refractivity contribution in [2.24, 2.45) is 4.99 Å². The van der Waals surface area contributed by atoms with Gasteiger partial charge in [0.2, 0.25) is 5.96 Å². The predicted molar refractivity (Wildman–Crippen MR) is 118 cm³/mol. The van der Waals surface area contributed by atoms with E-state index >= 15 is 0 Å².